The normalized spacial score (nSPS) is 26.4. The van der Waals surface area contributed by atoms with Gasteiger partial charge in [-0.2, -0.15) is 0 Å². The molecule has 1 heterocycles. The molecule has 0 aromatic heterocycles. The fraction of sp³-hybridized carbons (Fsp3) is 0.321. The number of carbonyl (C=O) groups is 1. The fourth-order valence-corrected chi connectivity index (χ4v) is 5.96. The van der Waals surface area contributed by atoms with Crippen LogP contribution in [-0.2, 0) is 20.7 Å². The zero-order chi connectivity index (χ0) is 24.8. The lowest BCUT2D eigenvalue weighted by Crippen LogP contribution is -2.54. The van der Waals surface area contributed by atoms with Gasteiger partial charge in [0, 0.05) is 34.5 Å². The maximum absolute atomic E-state index is 13.0. The number of fused-ring (bicyclic) bond motifs is 3. The van der Waals surface area contributed by atoms with Crippen LogP contribution in [0.15, 0.2) is 71.2 Å². The Kier molecular flexibility index (Phi) is 6.01. The van der Waals surface area contributed by atoms with Crippen molar-refractivity contribution in [3.63, 3.8) is 0 Å². The Balaban J connectivity index is 1.88. The Hall–Kier alpha value is -3.03. The molecule has 4 unspecified atom stereocenters. The van der Waals surface area contributed by atoms with Crippen LogP contribution in [0.3, 0.4) is 0 Å². The largest absolute Gasteiger partial charge is 0.496 e. The molecule has 6 nitrogen and oxygen atoms in total. The molecule has 1 saturated carbocycles. The molecule has 4 atom stereocenters. The van der Waals surface area contributed by atoms with Gasteiger partial charge in [0.15, 0.2) is 5.60 Å². The van der Waals surface area contributed by atoms with E-state index in [4.69, 9.17) is 18.9 Å². The number of esters is 1. The molecule has 1 aliphatic heterocycles. The van der Waals surface area contributed by atoms with E-state index in [9.17, 15) is 9.90 Å². The van der Waals surface area contributed by atoms with Crippen LogP contribution < -0.4 is 14.2 Å². The fourth-order valence-electron chi connectivity index (χ4n) is 5.70. The van der Waals surface area contributed by atoms with Gasteiger partial charge in [0.1, 0.15) is 23.4 Å². The lowest BCUT2D eigenvalue weighted by atomic mass is 9.71. The van der Waals surface area contributed by atoms with E-state index in [1.165, 1.54) is 0 Å². The summed E-state index contributed by atoms with van der Waals surface area (Å²) in [4.78, 5) is 13.0. The maximum atomic E-state index is 13.0. The molecule has 0 bridgehead atoms. The quantitative estimate of drug-likeness (QED) is 0.420. The van der Waals surface area contributed by atoms with Crippen LogP contribution in [0.4, 0.5) is 0 Å². The second-order valence-corrected chi connectivity index (χ2v) is 9.74. The monoisotopic (exact) mass is 538 g/mol. The number of aliphatic hydroxyl groups is 1. The molecule has 35 heavy (non-hydrogen) atoms. The molecular weight excluding hydrogens is 512 g/mol. The summed E-state index contributed by atoms with van der Waals surface area (Å²) >= 11 is 3.52. The predicted octanol–water partition coefficient (Wildman–Crippen LogP) is 5.45. The molecular formula is C28H27BrO6. The Morgan fingerprint density at radius 1 is 1.09 bits per heavy atom. The lowest BCUT2D eigenvalue weighted by molar-refractivity contribution is -0.200. The van der Waals surface area contributed by atoms with E-state index in [1.54, 1.807) is 33.3 Å². The van der Waals surface area contributed by atoms with Crippen molar-refractivity contribution in [2.75, 3.05) is 14.2 Å². The highest BCUT2D eigenvalue weighted by molar-refractivity contribution is 9.10. The third kappa shape index (κ3) is 3.36. The van der Waals surface area contributed by atoms with Crippen molar-refractivity contribution in [1.82, 2.24) is 0 Å². The first-order valence-corrected chi connectivity index (χ1v) is 12.4. The van der Waals surface area contributed by atoms with Gasteiger partial charge in [-0.15, -0.1) is 0 Å². The number of hydrogen-bond donors (Lipinski definition) is 1. The number of methoxy groups -OCH3 is 2. The smallest absolute Gasteiger partial charge is 0.306 e. The van der Waals surface area contributed by atoms with Crippen LogP contribution in [0, 0.1) is 0 Å². The second kappa shape index (κ2) is 8.88. The summed E-state index contributed by atoms with van der Waals surface area (Å²) < 4.78 is 25.4. The van der Waals surface area contributed by atoms with Crippen LogP contribution in [-0.4, -0.2) is 31.4 Å². The third-order valence-electron chi connectivity index (χ3n) is 7.15. The summed E-state index contributed by atoms with van der Waals surface area (Å²) in [6.45, 7) is 1.73. The van der Waals surface area contributed by atoms with Crippen LogP contribution in [0.2, 0.25) is 0 Å². The SMILES string of the molecule is CCC(=O)OC12c3c(OC)cc(OC)cc3OC1(c1ccc(Br)cc1)C(c1ccccc1)CC2O. The van der Waals surface area contributed by atoms with Gasteiger partial charge < -0.3 is 24.1 Å². The zero-order valence-corrected chi connectivity index (χ0v) is 21.4. The zero-order valence-electron chi connectivity index (χ0n) is 19.8. The Morgan fingerprint density at radius 2 is 1.80 bits per heavy atom. The highest BCUT2D eigenvalue weighted by Crippen LogP contribution is 2.70. The van der Waals surface area contributed by atoms with Gasteiger partial charge in [-0.1, -0.05) is 65.3 Å². The van der Waals surface area contributed by atoms with Crippen molar-refractivity contribution >= 4 is 21.9 Å². The molecule has 3 aromatic carbocycles. The first kappa shape index (κ1) is 23.7. The lowest BCUT2D eigenvalue weighted by Gasteiger charge is -2.43. The minimum absolute atomic E-state index is 0.148. The predicted molar refractivity (Wildman–Crippen MR) is 134 cm³/mol. The summed E-state index contributed by atoms with van der Waals surface area (Å²) in [6.07, 6.45) is -0.587. The van der Waals surface area contributed by atoms with Gasteiger partial charge in [-0.3, -0.25) is 4.79 Å². The van der Waals surface area contributed by atoms with Gasteiger partial charge in [0.25, 0.3) is 0 Å². The van der Waals surface area contributed by atoms with Gasteiger partial charge in [0.2, 0.25) is 5.60 Å². The third-order valence-corrected chi connectivity index (χ3v) is 7.68. The maximum Gasteiger partial charge on any atom is 0.306 e. The van der Waals surface area contributed by atoms with Gasteiger partial charge in [0.05, 0.1) is 19.8 Å². The molecule has 2 aliphatic rings. The molecule has 0 saturated heterocycles. The Morgan fingerprint density at radius 3 is 2.43 bits per heavy atom. The van der Waals surface area contributed by atoms with Crippen LogP contribution >= 0.6 is 15.9 Å². The molecule has 5 rings (SSSR count). The Labute approximate surface area is 212 Å². The highest BCUT2D eigenvalue weighted by atomic mass is 79.9. The van der Waals surface area contributed by atoms with Crippen molar-refractivity contribution in [2.24, 2.45) is 0 Å². The summed E-state index contributed by atoms with van der Waals surface area (Å²) in [6, 6.07) is 21.1. The van der Waals surface area contributed by atoms with E-state index in [0.29, 0.717) is 29.2 Å². The minimum Gasteiger partial charge on any atom is -0.496 e. The molecule has 0 radical (unpaired) electrons. The summed E-state index contributed by atoms with van der Waals surface area (Å²) in [7, 11) is 3.11. The molecule has 3 aromatic rings. The first-order valence-electron chi connectivity index (χ1n) is 11.6. The summed E-state index contributed by atoms with van der Waals surface area (Å²) in [5.74, 6) is 0.651. The van der Waals surface area contributed by atoms with E-state index in [0.717, 1.165) is 15.6 Å². The number of ether oxygens (including phenoxy) is 4. The summed E-state index contributed by atoms with van der Waals surface area (Å²) in [5, 5.41) is 11.8. The van der Waals surface area contributed by atoms with Crippen molar-refractivity contribution in [3.05, 3.63) is 87.9 Å². The molecule has 182 valence electrons. The average Bonchev–Trinajstić information content (AvgIpc) is 3.31. The van der Waals surface area contributed by atoms with E-state index in [-0.39, 0.29) is 12.3 Å². The standard InChI is InChI=1S/C28H27BrO6/c1-4-25(31)35-28-24(30)16-21(17-8-6-5-7-9-17)27(28,18-10-12-19(29)13-11-18)34-23-15-20(32-2)14-22(33-3)26(23)28/h5-15,21,24,30H,4,16H2,1-3H3. The van der Waals surface area contributed by atoms with Crippen molar-refractivity contribution < 1.29 is 28.8 Å². The summed E-state index contributed by atoms with van der Waals surface area (Å²) in [5.41, 5.74) is -0.519. The number of benzene rings is 3. The van der Waals surface area contributed by atoms with E-state index < -0.39 is 23.3 Å². The molecule has 1 N–H and O–H groups in total. The average molecular weight is 539 g/mol. The number of aliphatic hydroxyl groups excluding tert-OH is 1. The van der Waals surface area contributed by atoms with Crippen LogP contribution in [0.1, 0.15) is 42.4 Å². The van der Waals surface area contributed by atoms with Crippen LogP contribution in [0.5, 0.6) is 17.2 Å². The number of halogens is 1. The molecule has 0 spiro atoms. The van der Waals surface area contributed by atoms with E-state index in [2.05, 4.69) is 15.9 Å². The number of rotatable bonds is 6. The number of hydrogen-bond acceptors (Lipinski definition) is 6. The van der Waals surface area contributed by atoms with E-state index >= 15 is 0 Å². The van der Waals surface area contributed by atoms with Gasteiger partial charge >= 0.3 is 5.97 Å². The van der Waals surface area contributed by atoms with Crippen LogP contribution in [0.25, 0.3) is 0 Å². The minimum atomic E-state index is -1.54. The Bertz CT molecular complexity index is 1240. The first-order chi connectivity index (χ1) is 16.9. The molecule has 1 aliphatic carbocycles. The second-order valence-electron chi connectivity index (χ2n) is 8.83. The topological polar surface area (TPSA) is 74.2 Å². The van der Waals surface area contributed by atoms with Crippen molar-refractivity contribution in [1.29, 1.82) is 0 Å². The van der Waals surface area contributed by atoms with E-state index in [1.807, 2.05) is 54.6 Å². The molecule has 0 amide bonds. The number of carbonyl (C=O) groups excluding carboxylic acids is 1. The van der Waals surface area contributed by atoms with Crippen molar-refractivity contribution in [3.8, 4) is 17.2 Å². The molecule has 1 fully saturated rings. The van der Waals surface area contributed by atoms with Gasteiger partial charge in [-0.05, 0) is 24.1 Å². The molecule has 7 heteroatoms. The highest BCUT2D eigenvalue weighted by Gasteiger charge is 2.76. The van der Waals surface area contributed by atoms with Gasteiger partial charge in [-0.25, -0.2) is 0 Å². The van der Waals surface area contributed by atoms with Crippen molar-refractivity contribution in [2.45, 2.75) is 43.0 Å².